The number of likely N-dealkylation sites (tertiary alicyclic amines) is 1. The van der Waals surface area contributed by atoms with Crippen LogP contribution in [0.5, 0.6) is 11.5 Å². The van der Waals surface area contributed by atoms with Crippen LogP contribution in [0.25, 0.3) is 11.3 Å². The monoisotopic (exact) mass is 377 g/mol. The van der Waals surface area contributed by atoms with Crippen LogP contribution in [-0.2, 0) is 6.54 Å². The third-order valence-corrected chi connectivity index (χ3v) is 5.53. The number of ether oxygens (including phenoxy) is 2. The highest BCUT2D eigenvalue weighted by Gasteiger charge is 2.26. The number of hydrogen-bond acceptors (Lipinski definition) is 6. The molecule has 1 unspecified atom stereocenters. The number of nitrogens with zero attached hydrogens (tertiary/aromatic N) is 3. The molecular weight excluding hydrogens is 354 g/mol. The number of aromatic nitrogens is 2. The minimum absolute atomic E-state index is 0.266. The van der Waals surface area contributed by atoms with Gasteiger partial charge in [-0.15, -0.1) is 0 Å². The molecule has 0 radical (unpaired) electrons. The average Bonchev–Trinajstić information content (AvgIpc) is 3.35. The minimum atomic E-state index is 0.266. The van der Waals surface area contributed by atoms with E-state index in [2.05, 4.69) is 33.2 Å². The minimum Gasteiger partial charge on any atom is -0.454 e. The van der Waals surface area contributed by atoms with Crippen molar-refractivity contribution in [3.63, 3.8) is 0 Å². The smallest absolute Gasteiger partial charge is 0.231 e. The first-order chi connectivity index (χ1) is 13.9. The summed E-state index contributed by atoms with van der Waals surface area (Å²) in [5, 5.41) is 4.44. The highest BCUT2D eigenvalue weighted by atomic mass is 16.7. The molecule has 5 rings (SSSR count). The van der Waals surface area contributed by atoms with Gasteiger partial charge in [-0.25, -0.2) is 0 Å². The van der Waals surface area contributed by atoms with Crippen LogP contribution < -0.4 is 9.47 Å². The van der Waals surface area contributed by atoms with Crippen molar-refractivity contribution in [3.05, 3.63) is 60.0 Å². The molecule has 0 aliphatic carbocycles. The standard InChI is InChI=1S/C22H23N3O3/c1-2-4-19(25(11-3-1)14-16-7-9-23-10-8-16)18-13-21(28-24-18)17-5-6-20-22(12-17)27-15-26-20/h5-10,12-13,19H,1-4,11,14-15H2. The van der Waals surface area contributed by atoms with Crippen LogP contribution in [0.3, 0.4) is 0 Å². The van der Waals surface area contributed by atoms with Gasteiger partial charge in [-0.3, -0.25) is 9.88 Å². The molecule has 3 aromatic rings. The first-order valence-electron chi connectivity index (χ1n) is 9.86. The van der Waals surface area contributed by atoms with Crippen LogP contribution in [0.15, 0.2) is 53.3 Å². The molecule has 2 aromatic heterocycles. The van der Waals surface area contributed by atoms with E-state index >= 15 is 0 Å². The summed E-state index contributed by atoms with van der Waals surface area (Å²) in [5.74, 6) is 2.29. The van der Waals surface area contributed by atoms with Crippen molar-refractivity contribution in [3.8, 4) is 22.8 Å². The highest BCUT2D eigenvalue weighted by Crippen LogP contribution is 2.37. The lowest BCUT2D eigenvalue weighted by atomic mass is 10.0. The molecule has 1 atom stereocenters. The Bertz CT molecular complexity index is 941. The van der Waals surface area contributed by atoms with Gasteiger partial charge in [0.2, 0.25) is 6.79 Å². The molecule has 0 saturated carbocycles. The molecule has 2 aliphatic rings. The zero-order valence-electron chi connectivity index (χ0n) is 15.7. The molecule has 144 valence electrons. The number of fused-ring (bicyclic) bond motifs is 1. The molecule has 1 saturated heterocycles. The van der Waals surface area contributed by atoms with Gasteiger partial charge < -0.3 is 14.0 Å². The molecule has 6 heteroatoms. The van der Waals surface area contributed by atoms with Gasteiger partial charge >= 0.3 is 0 Å². The number of pyridine rings is 1. The van der Waals surface area contributed by atoms with Gasteiger partial charge in [0.25, 0.3) is 0 Å². The lowest BCUT2D eigenvalue weighted by Gasteiger charge is -2.28. The van der Waals surface area contributed by atoms with Crippen LogP contribution >= 0.6 is 0 Å². The van der Waals surface area contributed by atoms with E-state index in [-0.39, 0.29) is 12.8 Å². The van der Waals surface area contributed by atoms with E-state index in [0.717, 1.165) is 48.0 Å². The van der Waals surface area contributed by atoms with E-state index in [1.807, 2.05) is 30.6 Å². The molecule has 0 N–H and O–H groups in total. The fraction of sp³-hybridized carbons (Fsp3) is 0.364. The summed E-state index contributed by atoms with van der Waals surface area (Å²) in [4.78, 5) is 6.65. The summed E-state index contributed by atoms with van der Waals surface area (Å²) in [6, 6.07) is 12.4. The molecule has 1 fully saturated rings. The lowest BCUT2D eigenvalue weighted by molar-refractivity contribution is 0.174. The fourth-order valence-corrected chi connectivity index (χ4v) is 4.05. The van der Waals surface area contributed by atoms with Gasteiger partial charge in [0, 0.05) is 30.6 Å². The van der Waals surface area contributed by atoms with Gasteiger partial charge in [-0.2, -0.15) is 0 Å². The first-order valence-corrected chi connectivity index (χ1v) is 9.86. The van der Waals surface area contributed by atoms with Crippen molar-refractivity contribution >= 4 is 0 Å². The zero-order valence-corrected chi connectivity index (χ0v) is 15.7. The summed E-state index contributed by atoms with van der Waals surface area (Å²) in [5.41, 5.74) is 3.24. The van der Waals surface area contributed by atoms with Crippen LogP contribution in [0.2, 0.25) is 0 Å². The van der Waals surface area contributed by atoms with E-state index in [1.165, 1.54) is 24.8 Å². The average molecular weight is 377 g/mol. The Morgan fingerprint density at radius 3 is 2.79 bits per heavy atom. The van der Waals surface area contributed by atoms with E-state index in [4.69, 9.17) is 14.0 Å². The Balaban J connectivity index is 1.40. The predicted molar refractivity (Wildman–Crippen MR) is 104 cm³/mol. The maximum absolute atomic E-state index is 5.72. The second-order valence-electron chi connectivity index (χ2n) is 7.38. The molecule has 28 heavy (non-hydrogen) atoms. The van der Waals surface area contributed by atoms with Gasteiger partial charge in [0.05, 0.1) is 6.04 Å². The summed E-state index contributed by atoms with van der Waals surface area (Å²) >= 11 is 0. The van der Waals surface area contributed by atoms with Gasteiger partial charge in [-0.05, 0) is 55.3 Å². The van der Waals surface area contributed by atoms with E-state index in [1.54, 1.807) is 0 Å². The second kappa shape index (κ2) is 7.64. The normalized spacial score (nSPS) is 19.5. The van der Waals surface area contributed by atoms with E-state index < -0.39 is 0 Å². The third-order valence-electron chi connectivity index (χ3n) is 5.53. The van der Waals surface area contributed by atoms with Crippen molar-refractivity contribution in [1.82, 2.24) is 15.0 Å². The summed E-state index contributed by atoms with van der Waals surface area (Å²) in [7, 11) is 0. The van der Waals surface area contributed by atoms with Crippen molar-refractivity contribution in [2.75, 3.05) is 13.3 Å². The Hall–Kier alpha value is -2.86. The van der Waals surface area contributed by atoms with Crippen molar-refractivity contribution in [1.29, 1.82) is 0 Å². The zero-order chi connectivity index (χ0) is 18.8. The lowest BCUT2D eigenvalue weighted by Crippen LogP contribution is -2.28. The van der Waals surface area contributed by atoms with Crippen LogP contribution in [0.1, 0.15) is 43.0 Å². The Morgan fingerprint density at radius 1 is 0.964 bits per heavy atom. The summed E-state index contributed by atoms with van der Waals surface area (Å²) in [6.07, 6.45) is 8.50. The van der Waals surface area contributed by atoms with E-state index in [9.17, 15) is 0 Å². The van der Waals surface area contributed by atoms with Crippen molar-refractivity contribution < 1.29 is 14.0 Å². The van der Waals surface area contributed by atoms with Gasteiger partial charge in [-0.1, -0.05) is 18.0 Å². The molecule has 6 nitrogen and oxygen atoms in total. The number of hydrogen-bond donors (Lipinski definition) is 0. The molecule has 2 aliphatic heterocycles. The molecular formula is C22H23N3O3. The molecule has 0 amide bonds. The van der Waals surface area contributed by atoms with Crippen LogP contribution in [0, 0.1) is 0 Å². The SMILES string of the molecule is c1cc(CN2CCCCCC2c2cc(-c3ccc4c(c3)OCO4)on2)ccn1. The van der Waals surface area contributed by atoms with Crippen molar-refractivity contribution in [2.24, 2.45) is 0 Å². The van der Waals surface area contributed by atoms with E-state index in [0.29, 0.717) is 0 Å². The topological polar surface area (TPSA) is 60.6 Å². The third kappa shape index (κ3) is 3.47. The number of rotatable bonds is 4. The predicted octanol–water partition coefficient (Wildman–Crippen LogP) is 4.58. The van der Waals surface area contributed by atoms with Gasteiger partial charge in [0.1, 0.15) is 5.69 Å². The molecule has 4 heterocycles. The Labute approximate surface area is 164 Å². The second-order valence-corrected chi connectivity index (χ2v) is 7.38. The van der Waals surface area contributed by atoms with Gasteiger partial charge in [0.15, 0.2) is 17.3 Å². The highest BCUT2D eigenvalue weighted by molar-refractivity contribution is 5.63. The quantitative estimate of drug-likeness (QED) is 0.663. The Morgan fingerprint density at radius 2 is 1.86 bits per heavy atom. The Kier molecular flexibility index (Phi) is 4.71. The summed E-state index contributed by atoms with van der Waals surface area (Å²) < 4.78 is 16.6. The largest absolute Gasteiger partial charge is 0.454 e. The first kappa shape index (κ1) is 17.3. The molecule has 1 aromatic carbocycles. The van der Waals surface area contributed by atoms with Crippen molar-refractivity contribution in [2.45, 2.75) is 38.3 Å². The fourth-order valence-electron chi connectivity index (χ4n) is 4.05. The summed E-state index contributed by atoms with van der Waals surface area (Å²) in [6.45, 7) is 2.24. The molecule has 0 bridgehead atoms. The van der Waals surface area contributed by atoms with Crippen LogP contribution in [-0.4, -0.2) is 28.4 Å². The maximum atomic E-state index is 5.72. The van der Waals surface area contributed by atoms with Crippen LogP contribution in [0.4, 0.5) is 0 Å². The maximum Gasteiger partial charge on any atom is 0.231 e. The molecule has 0 spiro atoms. The number of benzene rings is 1.